The van der Waals surface area contributed by atoms with E-state index in [2.05, 4.69) is 5.10 Å². The molecule has 3 aliphatic carbocycles. The predicted octanol–water partition coefficient (Wildman–Crippen LogP) is 4.94. The van der Waals surface area contributed by atoms with Gasteiger partial charge in [-0.15, -0.1) is 0 Å². The quantitative estimate of drug-likeness (QED) is 0.702. The molecule has 0 bridgehead atoms. The molecular weight excluding hydrogens is 417 g/mol. The minimum atomic E-state index is -4.85. The van der Waals surface area contributed by atoms with Crippen LogP contribution in [0.2, 0.25) is 0 Å². The monoisotopic (exact) mass is 444 g/mol. The number of halogens is 3. The van der Waals surface area contributed by atoms with Gasteiger partial charge in [-0.25, -0.2) is 0 Å². The standard InChI is InChI=1S/C25H27F3N2O2/c26-25(27,28)24(32)21-9-5-4-8-20(21)23-18(15-31)10-17(11-22(23)24)19-12-29-30(14-19)13-16-6-2-1-3-7-16/h4-5,8-12,14,16,22-23,31-32H,1-3,6-7,13,15H2. The Morgan fingerprint density at radius 3 is 2.59 bits per heavy atom. The average molecular weight is 444 g/mol. The normalized spacial score (nSPS) is 28.2. The smallest absolute Gasteiger partial charge is 0.392 e. The van der Waals surface area contributed by atoms with E-state index in [1.807, 2.05) is 10.9 Å². The molecule has 1 aromatic heterocycles. The van der Waals surface area contributed by atoms with Gasteiger partial charge in [0.1, 0.15) is 0 Å². The van der Waals surface area contributed by atoms with Crippen LogP contribution in [0.25, 0.3) is 5.57 Å². The van der Waals surface area contributed by atoms with Crippen LogP contribution in [0.4, 0.5) is 13.2 Å². The maximum absolute atomic E-state index is 14.2. The number of aromatic nitrogens is 2. The third kappa shape index (κ3) is 3.33. The van der Waals surface area contributed by atoms with Gasteiger partial charge in [0.15, 0.2) is 5.60 Å². The van der Waals surface area contributed by atoms with E-state index in [-0.39, 0.29) is 12.2 Å². The number of aliphatic hydroxyl groups excluding tert-OH is 1. The van der Waals surface area contributed by atoms with Crippen LogP contribution in [-0.2, 0) is 12.1 Å². The van der Waals surface area contributed by atoms with E-state index in [0.717, 1.165) is 6.54 Å². The zero-order valence-corrected chi connectivity index (χ0v) is 17.7. The van der Waals surface area contributed by atoms with Crippen LogP contribution in [0.3, 0.4) is 0 Å². The van der Waals surface area contributed by atoms with E-state index in [1.165, 1.54) is 50.3 Å². The lowest BCUT2D eigenvalue weighted by atomic mass is 9.74. The van der Waals surface area contributed by atoms with Crippen molar-refractivity contribution in [3.05, 3.63) is 71.1 Å². The molecule has 0 spiro atoms. The Kier molecular flexibility index (Phi) is 5.29. The summed E-state index contributed by atoms with van der Waals surface area (Å²) in [6, 6.07) is 6.13. The van der Waals surface area contributed by atoms with Crippen LogP contribution in [0.1, 0.15) is 54.7 Å². The lowest BCUT2D eigenvalue weighted by molar-refractivity contribution is -0.278. The van der Waals surface area contributed by atoms with Gasteiger partial charge in [0.2, 0.25) is 0 Å². The van der Waals surface area contributed by atoms with Crippen molar-refractivity contribution in [2.45, 2.75) is 56.3 Å². The van der Waals surface area contributed by atoms with Gasteiger partial charge in [-0.3, -0.25) is 4.68 Å². The lowest BCUT2D eigenvalue weighted by Crippen LogP contribution is -2.46. The van der Waals surface area contributed by atoms with Crippen LogP contribution >= 0.6 is 0 Å². The first-order valence-electron chi connectivity index (χ1n) is 11.3. The van der Waals surface area contributed by atoms with Crippen molar-refractivity contribution in [1.29, 1.82) is 0 Å². The summed E-state index contributed by atoms with van der Waals surface area (Å²) in [7, 11) is 0. The second-order valence-electron chi connectivity index (χ2n) is 9.31. The molecule has 7 heteroatoms. The number of aliphatic hydroxyl groups is 2. The molecule has 32 heavy (non-hydrogen) atoms. The number of hydrogen-bond acceptors (Lipinski definition) is 3. The Morgan fingerprint density at radius 1 is 1.12 bits per heavy atom. The van der Waals surface area contributed by atoms with E-state index in [0.29, 0.717) is 28.2 Å². The summed E-state index contributed by atoms with van der Waals surface area (Å²) in [6.07, 6.45) is 8.01. The van der Waals surface area contributed by atoms with Crippen LogP contribution in [0.5, 0.6) is 0 Å². The molecule has 1 saturated carbocycles. The third-order valence-corrected chi connectivity index (χ3v) is 7.40. The van der Waals surface area contributed by atoms with Gasteiger partial charge in [-0.1, -0.05) is 55.7 Å². The molecule has 0 saturated heterocycles. The Balaban J connectivity index is 1.53. The topological polar surface area (TPSA) is 58.3 Å². The summed E-state index contributed by atoms with van der Waals surface area (Å²) >= 11 is 0. The third-order valence-electron chi connectivity index (χ3n) is 7.40. The Hall–Kier alpha value is -2.38. The molecule has 3 atom stereocenters. The lowest BCUT2D eigenvalue weighted by Gasteiger charge is -2.36. The fraction of sp³-hybridized carbons (Fsp3) is 0.480. The number of fused-ring (bicyclic) bond motifs is 3. The number of nitrogens with zero attached hydrogens (tertiary/aromatic N) is 2. The number of hydrogen-bond donors (Lipinski definition) is 2. The highest BCUT2D eigenvalue weighted by atomic mass is 19.4. The van der Waals surface area contributed by atoms with Crippen molar-refractivity contribution in [1.82, 2.24) is 9.78 Å². The van der Waals surface area contributed by atoms with E-state index in [9.17, 15) is 23.4 Å². The minimum absolute atomic E-state index is 0.132. The summed E-state index contributed by atoms with van der Waals surface area (Å²) in [5.74, 6) is -1.39. The van der Waals surface area contributed by atoms with Crippen molar-refractivity contribution in [2.24, 2.45) is 11.8 Å². The Bertz CT molecular complexity index is 1070. The van der Waals surface area contributed by atoms with Crippen LogP contribution in [-0.4, -0.2) is 32.8 Å². The highest BCUT2D eigenvalue weighted by Gasteiger charge is 2.66. The van der Waals surface area contributed by atoms with E-state index < -0.39 is 23.6 Å². The molecule has 170 valence electrons. The number of alkyl halides is 3. The first-order chi connectivity index (χ1) is 15.3. The van der Waals surface area contributed by atoms with E-state index in [1.54, 1.807) is 24.4 Å². The Morgan fingerprint density at radius 2 is 1.88 bits per heavy atom. The van der Waals surface area contributed by atoms with E-state index >= 15 is 0 Å². The molecule has 3 aliphatic rings. The summed E-state index contributed by atoms with van der Waals surface area (Å²) < 4.78 is 44.6. The van der Waals surface area contributed by atoms with Crippen LogP contribution in [0, 0.1) is 11.8 Å². The summed E-state index contributed by atoms with van der Waals surface area (Å²) in [4.78, 5) is 0. The minimum Gasteiger partial charge on any atom is -0.392 e. The number of allylic oxidation sites excluding steroid dienone is 2. The fourth-order valence-electron chi connectivity index (χ4n) is 5.82. The van der Waals surface area contributed by atoms with Gasteiger partial charge in [-0.2, -0.15) is 18.3 Å². The molecule has 2 aromatic rings. The molecule has 1 fully saturated rings. The van der Waals surface area contributed by atoms with Crippen molar-refractivity contribution in [3.8, 4) is 0 Å². The molecule has 1 aromatic carbocycles. The maximum atomic E-state index is 14.2. The van der Waals surface area contributed by atoms with Gasteiger partial charge in [0.25, 0.3) is 0 Å². The number of benzene rings is 1. The molecule has 5 rings (SSSR count). The number of rotatable bonds is 4. The summed E-state index contributed by atoms with van der Waals surface area (Å²) in [5, 5.41) is 25.6. The molecule has 0 amide bonds. The Labute approximate surface area is 185 Å². The molecule has 3 unspecified atom stereocenters. The van der Waals surface area contributed by atoms with Gasteiger partial charge in [0.05, 0.1) is 12.8 Å². The summed E-state index contributed by atoms with van der Waals surface area (Å²) in [5.41, 5.74) is -0.994. The van der Waals surface area contributed by atoms with Gasteiger partial charge in [-0.05, 0) is 41.0 Å². The zero-order valence-electron chi connectivity index (χ0n) is 17.7. The SMILES string of the molecule is OCC1=CC(c2cnn(CC3CCCCC3)c2)=CC2C1c1ccccc1C2(O)C(F)(F)F. The zero-order chi connectivity index (χ0) is 22.5. The average Bonchev–Trinajstić information content (AvgIpc) is 3.36. The molecular formula is C25H27F3N2O2. The van der Waals surface area contributed by atoms with Gasteiger partial charge >= 0.3 is 6.18 Å². The molecule has 2 N–H and O–H groups in total. The van der Waals surface area contributed by atoms with Crippen molar-refractivity contribution < 1.29 is 23.4 Å². The van der Waals surface area contributed by atoms with Crippen molar-refractivity contribution in [2.75, 3.05) is 6.61 Å². The first-order valence-corrected chi connectivity index (χ1v) is 11.3. The highest BCUT2D eigenvalue weighted by molar-refractivity contribution is 5.77. The summed E-state index contributed by atoms with van der Waals surface area (Å²) in [6.45, 7) is 0.421. The van der Waals surface area contributed by atoms with Crippen molar-refractivity contribution >= 4 is 5.57 Å². The van der Waals surface area contributed by atoms with E-state index in [4.69, 9.17) is 0 Å². The maximum Gasteiger partial charge on any atom is 0.422 e. The van der Waals surface area contributed by atoms with Gasteiger partial charge < -0.3 is 10.2 Å². The fourth-order valence-corrected chi connectivity index (χ4v) is 5.82. The largest absolute Gasteiger partial charge is 0.422 e. The first kappa shape index (κ1) is 21.5. The van der Waals surface area contributed by atoms with Crippen LogP contribution < -0.4 is 0 Å². The van der Waals surface area contributed by atoms with Crippen molar-refractivity contribution in [3.63, 3.8) is 0 Å². The second-order valence-corrected chi connectivity index (χ2v) is 9.31. The molecule has 0 radical (unpaired) electrons. The second kappa shape index (κ2) is 7.89. The van der Waals surface area contributed by atoms with Gasteiger partial charge in [0, 0.05) is 30.1 Å². The van der Waals surface area contributed by atoms with Crippen LogP contribution in [0.15, 0.2) is 54.4 Å². The molecule has 1 heterocycles. The predicted molar refractivity (Wildman–Crippen MR) is 115 cm³/mol. The molecule has 0 aliphatic heterocycles. The molecule has 4 nitrogen and oxygen atoms in total. The highest BCUT2D eigenvalue weighted by Crippen LogP contribution is 2.60.